The molecule has 2 aliphatic rings. The van der Waals surface area contributed by atoms with Crippen molar-refractivity contribution in [1.29, 1.82) is 0 Å². The van der Waals surface area contributed by atoms with Gasteiger partial charge in [-0.15, -0.1) is 0 Å². The number of hydrogen-bond acceptors (Lipinski definition) is 7. The molecule has 10 heteroatoms. The van der Waals surface area contributed by atoms with Gasteiger partial charge in [-0.25, -0.2) is 4.79 Å². The highest BCUT2D eigenvalue weighted by atomic mass is 16.7. The van der Waals surface area contributed by atoms with Crippen molar-refractivity contribution in [3.8, 4) is 11.5 Å². The van der Waals surface area contributed by atoms with Gasteiger partial charge in [-0.1, -0.05) is 19.8 Å². The van der Waals surface area contributed by atoms with Gasteiger partial charge in [-0.2, -0.15) is 0 Å². The summed E-state index contributed by atoms with van der Waals surface area (Å²) in [6.07, 6.45) is 0.984. The summed E-state index contributed by atoms with van der Waals surface area (Å²) in [4.78, 5) is 50.1. The predicted molar refractivity (Wildman–Crippen MR) is 105 cm³/mol. The monoisotopic (exact) mass is 419 g/mol. The lowest BCUT2D eigenvalue weighted by atomic mass is 9.95. The second-order valence-electron chi connectivity index (χ2n) is 7.45. The highest BCUT2D eigenvalue weighted by Crippen LogP contribution is 2.34. The molecule has 2 N–H and O–H groups in total. The van der Waals surface area contributed by atoms with Gasteiger partial charge < -0.3 is 24.8 Å². The molecule has 1 saturated heterocycles. The van der Waals surface area contributed by atoms with Crippen LogP contribution in [-0.4, -0.2) is 53.7 Å². The van der Waals surface area contributed by atoms with Gasteiger partial charge in [-0.3, -0.25) is 19.3 Å². The Morgan fingerprint density at radius 1 is 1.30 bits per heavy atom. The number of carbonyl (C=O) groups excluding carboxylic acids is 4. The summed E-state index contributed by atoms with van der Waals surface area (Å²) >= 11 is 0. The molecule has 30 heavy (non-hydrogen) atoms. The lowest BCUT2D eigenvalue weighted by molar-refractivity contribution is -0.155. The molecule has 1 fully saturated rings. The van der Waals surface area contributed by atoms with Crippen molar-refractivity contribution in [2.24, 2.45) is 0 Å². The summed E-state index contributed by atoms with van der Waals surface area (Å²) in [6, 6.07) is 4.23. The molecule has 0 radical (unpaired) electrons. The maximum Gasteiger partial charge on any atom is 0.327 e. The minimum absolute atomic E-state index is 0.112. The molecule has 0 spiro atoms. The summed E-state index contributed by atoms with van der Waals surface area (Å²) in [5, 5.41) is 5.24. The van der Waals surface area contributed by atoms with E-state index in [1.165, 1.54) is 6.92 Å². The molecule has 1 aromatic rings. The first kappa shape index (κ1) is 21.4. The first-order chi connectivity index (χ1) is 14.2. The second-order valence-corrected chi connectivity index (χ2v) is 7.45. The Balaban J connectivity index is 1.53. The molecule has 0 aliphatic carbocycles. The van der Waals surface area contributed by atoms with Crippen LogP contribution in [0.1, 0.15) is 40.0 Å². The number of carbonyl (C=O) groups is 4. The van der Waals surface area contributed by atoms with Gasteiger partial charge in [0.05, 0.1) is 0 Å². The Hall–Kier alpha value is -3.30. The molecule has 0 aromatic heterocycles. The number of imide groups is 1. The minimum Gasteiger partial charge on any atom is -0.454 e. The first-order valence-corrected chi connectivity index (χ1v) is 9.77. The number of benzene rings is 1. The van der Waals surface area contributed by atoms with Gasteiger partial charge in [-0.05, 0) is 32.4 Å². The molecule has 1 aromatic carbocycles. The zero-order valence-corrected chi connectivity index (χ0v) is 17.1. The highest BCUT2D eigenvalue weighted by molar-refractivity contribution is 6.08. The molecule has 2 heterocycles. The number of nitrogens with one attached hydrogen (secondary N) is 2. The van der Waals surface area contributed by atoms with Crippen LogP contribution in [-0.2, 0) is 19.1 Å². The second kappa shape index (κ2) is 8.60. The SMILES string of the molecule is CCCC[C@]1(C)NC(=O)N(CC(=O)O[C@@H](C)C(=O)Nc2ccc3c(c2)OCO3)C1=O. The first-order valence-electron chi connectivity index (χ1n) is 9.77. The molecular weight excluding hydrogens is 394 g/mol. The van der Waals surface area contributed by atoms with Crippen LogP contribution in [0, 0.1) is 0 Å². The molecule has 2 aliphatic heterocycles. The molecular formula is C20H25N3O7. The number of ether oxygens (including phenoxy) is 3. The summed E-state index contributed by atoms with van der Waals surface area (Å²) < 4.78 is 15.6. The van der Waals surface area contributed by atoms with Crippen LogP contribution in [0.4, 0.5) is 10.5 Å². The van der Waals surface area contributed by atoms with Gasteiger partial charge >= 0.3 is 12.0 Å². The fourth-order valence-corrected chi connectivity index (χ4v) is 3.23. The standard InChI is InChI=1S/C20H25N3O7/c1-4-5-8-20(3)18(26)23(19(27)22-20)10-16(24)30-12(2)17(25)21-13-6-7-14-15(9-13)29-11-28-14/h6-7,9,12H,4-5,8,10-11H2,1-3H3,(H,21,25)(H,22,27)/t12-,20-/m0/s1. The van der Waals surface area contributed by atoms with E-state index in [4.69, 9.17) is 14.2 Å². The molecule has 0 saturated carbocycles. The van der Waals surface area contributed by atoms with Gasteiger partial charge in [0, 0.05) is 11.8 Å². The largest absolute Gasteiger partial charge is 0.454 e. The number of rotatable bonds is 8. The van der Waals surface area contributed by atoms with E-state index in [0.29, 0.717) is 23.6 Å². The lowest BCUT2D eigenvalue weighted by Gasteiger charge is -2.21. The third kappa shape index (κ3) is 4.47. The van der Waals surface area contributed by atoms with E-state index in [0.717, 1.165) is 17.7 Å². The zero-order valence-electron chi connectivity index (χ0n) is 17.1. The van der Waals surface area contributed by atoms with Crippen molar-refractivity contribution in [2.45, 2.75) is 51.7 Å². The van der Waals surface area contributed by atoms with Crippen LogP contribution >= 0.6 is 0 Å². The Morgan fingerprint density at radius 2 is 2.03 bits per heavy atom. The number of urea groups is 1. The smallest absolute Gasteiger partial charge is 0.327 e. The average molecular weight is 419 g/mol. The van der Waals surface area contributed by atoms with Crippen LogP contribution < -0.4 is 20.1 Å². The third-order valence-corrected chi connectivity index (χ3v) is 4.98. The fraction of sp³-hybridized carbons (Fsp3) is 0.500. The Bertz CT molecular complexity index is 872. The van der Waals surface area contributed by atoms with Crippen LogP contribution in [0.3, 0.4) is 0 Å². The fourth-order valence-electron chi connectivity index (χ4n) is 3.23. The van der Waals surface area contributed by atoms with Crippen LogP contribution in [0.2, 0.25) is 0 Å². The molecule has 10 nitrogen and oxygen atoms in total. The predicted octanol–water partition coefficient (Wildman–Crippen LogP) is 1.79. The number of anilines is 1. The van der Waals surface area contributed by atoms with Crippen molar-refractivity contribution in [3.63, 3.8) is 0 Å². The van der Waals surface area contributed by atoms with Gasteiger partial charge in [0.2, 0.25) is 6.79 Å². The van der Waals surface area contributed by atoms with E-state index in [-0.39, 0.29) is 6.79 Å². The van der Waals surface area contributed by atoms with E-state index in [1.807, 2.05) is 6.92 Å². The maximum atomic E-state index is 12.6. The van der Waals surface area contributed by atoms with Crippen molar-refractivity contribution < 1.29 is 33.4 Å². The van der Waals surface area contributed by atoms with E-state index >= 15 is 0 Å². The Kier molecular flexibility index (Phi) is 6.14. The minimum atomic E-state index is -1.13. The molecule has 2 atom stereocenters. The number of amides is 4. The summed E-state index contributed by atoms with van der Waals surface area (Å²) in [5.74, 6) is -0.816. The number of fused-ring (bicyclic) bond motifs is 1. The topological polar surface area (TPSA) is 123 Å². The summed E-state index contributed by atoms with van der Waals surface area (Å²) in [7, 11) is 0. The number of hydrogen-bond donors (Lipinski definition) is 2. The summed E-state index contributed by atoms with van der Waals surface area (Å²) in [6.45, 7) is 4.57. The van der Waals surface area contributed by atoms with Gasteiger partial charge in [0.1, 0.15) is 12.1 Å². The van der Waals surface area contributed by atoms with Crippen LogP contribution in [0.5, 0.6) is 11.5 Å². The van der Waals surface area contributed by atoms with Gasteiger partial charge in [0.25, 0.3) is 11.8 Å². The average Bonchev–Trinajstić information content (AvgIpc) is 3.24. The number of unbranched alkanes of at least 4 members (excludes halogenated alkanes) is 1. The maximum absolute atomic E-state index is 12.6. The van der Waals surface area contributed by atoms with E-state index in [9.17, 15) is 19.2 Å². The number of esters is 1. The van der Waals surface area contributed by atoms with E-state index in [1.54, 1.807) is 25.1 Å². The molecule has 0 unspecified atom stereocenters. The van der Waals surface area contributed by atoms with E-state index in [2.05, 4.69) is 10.6 Å². The zero-order chi connectivity index (χ0) is 21.9. The Morgan fingerprint density at radius 3 is 2.77 bits per heavy atom. The molecule has 162 valence electrons. The lowest BCUT2D eigenvalue weighted by Crippen LogP contribution is -2.44. The number of nitrogens with zero attached hydrogens (tertiary/aromatic N) is 1. The molecule has 3 rings (SSSR count). The van der Waals surface area contributed by atoms with Crippen molar-refractivity contribution in [3.05, 3.63) is 18.2 Å². The third-order valence-electron chi connectivity index (χ3n) is 4.98. The molecule has 0 bridgehead atoms. The van der Waals surface area contributed by atoms with Crippen molar-refractivity contribution >= 4 is 29.5 Å². The van der Waals surface area contributed by atoms with Gasteiger partial charge in [0.15, 0.2) is 17.6 Å². The van der Waals surface area contributed by atoms with Crippen molar-refractivity contribution in [1.82, 2.24) is 10.2 Å². The van der Waals surface area contributed by atoms with Crippen molar-refractivity contribution in [2.75, 3.05) is 18.7 Å². The normalized spacial score (nSPS) is 20.7. The van der Waals surface area contributed by atoms with Crippen LogP contribution in [0.25, 0.3) is 0 Å². The molecule has 4 amide bonds. The quantitative estimate of drug-likeness (QED) is 0.486. The summed E-state index contributed by atoms with van der Waals surface area (Å²) in [5.41, 5.74) is -0.580. The Labute approximate surface area is 173 Å². The van der Waals surface area contributed by atoms with E-state index < -0.39 is 42.0 Å². The van der Waals surface area contributed by atoms with Crippen LogP contribution in [0.15, 0.2) is 18.2 Å². The highest BCUT2D eigenvalue weighted by Gasteiger charge is 2.48.